The number of hydrogen-bond acceptors (Lipinski definition) is 2. The molecule has 1 aliphatic carbocycles. The molecule has 1 aromatic rings. The van der Waals surface area contributed by atoms with E-state index < -0.39 is 0 Å². The van der Waals surface area contributed by atoms with Crippen LogP contribution in [0.1, 0.15) is 62.4 Å². The van der Waals surface area contributed by atoms with Crippen LogP contribution >= 0.6 is 0 Å². The summed E-state index contributed by atoms with van der Waals surface area (Å²) in [6.45, 7) is 4.33. The number of rotatable bonds is 3. The molecule has 0 bridgehead atoms. The molecule has 0 amide bonds. The van der Waals surface area contributed by atoms with Gasteiger partial charge < -0.3 is 0 Å². The average Bonchev–Trinajstić information content (AvgIpc) is 2.84. The predicted octanol–water partition coefficient (Wildman–Crippen LogP) is 3.14. The zero-order chi connectivity index (χ0) is 11.5. The molecule has 0 radical (unpaired) electrons. The van der Waals surface area contributed by atoms with Crippen molar-refractivity contribution in [3.05, 3.63) is 17.0 Å². The molecule has 1 saturated carbocycles. The van der Waals surface area contributed by atoms with Crippen molar-refractivity contribution in [3.8, 4) is 6.07 Å². The SMILES string of the molecule is CC(C)Cc1[nH]nc(C2CCCC2)c1C#N. The molecule has 0 saturated heterocycles. The molecule has 1 fully saturated rings. The number of nitrogens with zero attached hydrogens (tertiary/aromatic N) is 2. The summed E-state index contributed by atoms with van der Waals surface area (Å²) in [5, 5.41) is 16.7. The van der Waals surface area contributed by atoms with Crippen molar-refractivity contribution in [2.75, 3.05) is 0 Å². The Balaban J connectivity index is 2.25. The maximum atomic E-state index is 9.25. The van der Waals surface area contributed by atoms with Gasteiger partial charge in [0.05, 0.1) is 17.0 Å². The van der Waals surface area contributed by atoms with Gasteiger partial charge in [0.15, 0.2) is 0 Å². The summed E-state index contributed by atoms with van der Waals surface area (Å²) in [6.07, 6.45) is 5.87. The second kappa shape index (κ2) is 4.69. The standard InChI is InChI=1S/C13H19N3/c1-9(2)7-12-11(8-14)13(16-15-12)10-5-3-4-6-10/h9-10H,3-7H2,1-2H3,(H,15,16). The second-order valence-electron chi connectivity index (χ2n) is 5.15. The molecule has 0 aromatic carbocycles. The van der Waals surface area contributed by atoms with E-state index in [0.717, 1.165) is 23.4 Å². The molecule has 0 atom stereocenters. The van der Waals surface area contributed by atoms with E-state index in [0.29, 0.717) is 11.8 Å². The van der Waals surface area contributed by atoms with E-state index in [1.54, 1.807) is 0 Å². The van der Waals surface area contributed by atoms with Crippen LogP contribution in [0.25, 0.3) is 0 Å². The van der Waals surface area contributed by atoms with Crippen LogP contribution in [0.4, 0.5) is 0 Å². The Labute approximate surface area is 96.9 Å². The molecular weight excluding hydrogens is 198 g/mol. The summed E-state index contributed by atoms with van der Waals surface area (Å²) < 4.78 is 0. The second-order valence-corrected chi connectivity index (χ2v) is 5.15. The molecule has 0 spiro atoms. The Kier molecular flexibility index (Phi) is 3.28. The third-order valence-electron chi connectivity index (χ3n) is 3.34. The maximum absolute atomic E-state index is 9.25. The summed E-state index contributed by atoms with van der Waals surface area (Å²) in [4.78, 5) is 0. The number of aromatic nitrogens is 2. The van der Waals surface area contributed by atoms with Gasteiger partial charge in [-0.05, 0) is 25.2 Å². The topological polar surface area (TPSA) is 52.5 Å². The van der Waals surface area contributed by atoms with Crippen LogP contribution in [0.3, 0.4) is 0 Å². The van der Waals surface area contributed by atoms with E-state index >= 15 is 0 Å². The molecule has 1 heterocycles. The Morgan fingerprint density at radius 2 is 2.12 bits per heavy atom. The van der Waals surface area contributed by atoms with E-state index in [1.807, 2.05) is 0 Å². The molecule has 1 aromatic heterocycles. The van der Waals surface area contributed by atoms with E-state index in [4.69, 9.17) is 0 Å². The van der Waals surface area contributed by atoms with Crippen LogP contribution in [0.15, 0.2) is 0 Å². The first kappa shape index (κ1) is 11.2. The lowest BCUT2D eigenvalue weighted by atomic mass is 9.97. The van der Waals surface area contributed by atoms with Gasteiger partial charge in [-0.15, -0.1) is 0 Å². The third-order valence-corrected chi connectivity index (χ3v) is 3.34. The Hall–Kier alpha value is -1.30. The minimum Gasteiger partial charge on any atom is -0.281 e. The van der Waals surface area contributed by atoms with Gasteiger partial charge in [0, 0.05) is 5.92 Å². The van der Waals surface area contributed by atoms with Gasteiger partial charge in [0.2, 0.25) is 0 Å². The highest BCUT2D eigenvalue weighted by Gasteiger charge is 2.24. The summed E-state index contributed by atoms with van der Waals surface area (Å²) in [5.41, 5.74) is 2.87. The van der Waals surface area contributed by atoms with Crippen LogP contribution in [0.5, 0.6) is 0 Å². The lowest BCUT2D eigenvalue weighted by Gasteiger charge is -2.05. The van der Waals surface area contributed by atoms with Gasteiger partial charge in [-0.1, -0.05) is 26.7 Å². The van der Waals surface area contributed by atoms with Crippen LogP contribution < -0.4 is 0 Å². The van der Waals surface area contributed by atoms with Crippen LogP contribution in [0.2, 0.25) is 0 Å². The summed E-state index contributed by atoms with van der Waals surface area (Å²) in [6, 6.07) is 2.33. The fourth-order valence-corrected chi connectivity index (χ4v) is 2.57. The Morgan fingerprint density at radius 1 is 1.44 bits per heavy atom. The van der Waals surface area contributed by atoms with Gasteiger partial charge in [0.25, 0.3) is 0 Å². The van der Waals surface area contributed by atoms with Gasteiger partial charge >= 0.3 is 0 Å². The molecule has 1 aliphatic rings. The van der Waals surface area contributed by atoms with E-state index in [9.17, 15) is 5.26 Å². The average molecular weight is 217 g/mol. The third kappa shape index (κ3) is 2.11. The van der Waals surface area contributed by atoms with Crippen molar-refractivity contribution in [2.45, 2.75) is 51.9 Å². The predicted molar refractivity (Wildman–Crippen MR) is 63.1 cm³/mol. The van der Waals surface area contributed by atoms with Gasteiger partial charge in [-0.25, -0.2) is 0 Å². The molecule has 2 rings (SSSR count). The minimum absolute atomic E-state index is 0.520. The maximum Gasteiger partial charge on any atom is 0.103 e. The molecular formula is C13H19N3. The van der Waals surface area contributed by atoms with Crippen molar-refractivity contribution in [1.82, 2.24) is 10.2 Å². The molecule has 3 heteroatoms. The number of nitriles is 1. The molecule has 3 nitrogen and oxygen atoms in total. The smallest absolute Gasteiger partial charge is 0.103 e. The zero-order valence-electron chi connectivity index (χ0n) is 10.1. The normalized spacial score (nSPS) is 16.9. The first-order chi connectivity index (χ1) is 7.72. The number of aromatic amines is 1. The fraction of sp³-hybridized carbons (Fsp3) is 0.692. The summed E-state index contributed by atoms with van der Waals surface area (Å²) >= 11 is 0. The van der Waals surface area contributed by atoms with Crippen molar-refractivity contribution in [2.24, 2.45) is 5.92 Å². The molecule has 86 valence electrons. The van der Waals surface area contributed by atoms with Gasteiger partial charge in [-0.3, -0.25) is 5.10 Å². The highest BCUT2D eigenvalue weighted by molar-refractivity contribution is 5.39. The monoisotopic (exact) mass is 217 g/mol. The van der Waals surface area contributed by atoms with Crippen LogP contribution in [0, 0.1) is 17.2 Å². The molecule has 0 aliphatic heterocycles. The molecule has 1 N–H and O–H groups in total. The molecule has 16 heavy (non-hydrogen) atoms. The lowest BCUT2D eigenvalue weighted by molar-refractivity contribution is 0.632. The Bertz CT molecular complexity index is 392. The highest BCUT2D eigenvalue weighted by Crippen LogP contribution is 2.35. The summed E-state index contributed by atoms with van der Waals surface area (Å²) in [7, 11) is 0. The van der Waals surface area contributed by atoms with E-state index in [2.05, 4.69) is 30.1 Å². The lowest BCUT2D eigenvalue weighted by Crippen LogP contribution is -1.99. The quantitative estimate of drug-likeness (QED) is 0.845. The van der Waals surface area contributed by atoms with E-state index in [-0.39, 0.29) is 0 Å². The number of nitrogens with one attached hydrogen (secondary N) is 1. The zero-order valence-corrected chi connectivity index (χ0v) is 10.1. The van der Waals surface area contributed by atoms with Crippen LogP contribution in [-0.4, -0.2) is 10.2 Å². The van der Waals surface area contributed by atoms with Crippen molar-refractivity contribution in [3.63, 3.8) is 0 Å². The number of hydrogen-bond donors (Lipinski definition) is 1. The van der Waals surface area contributed by atoms with Gasteiger partial charge in [0.1, 0.15) is 6.07 Å². The van der Waals surface area contributed by atoms with Gasteiger partial charge in [-0.2, -0.15) is 10.4 Å². The minimum atomic E-state index is 0.520. The largest absolute Gasteiger partial charge is 0.281 e. The first-order valence-corrected chi connectivity index (χ1v) is 6.19. The van der Waals surface area contributed by atoms with Crippen molar-refractivity contribution < 1.29 is 0 Å². The Morgan fingerprint density at radius 3 is 2.69 bits per heavy atom. The van der Waals surface area contributed by atoms with E-state index in [1.165, 1.54) is 25.7 Å². The molecule has 0 unspecified atom stereocenters. The van der Waals surface area contributed by atoms with Crippen LogP contribution in [-0.2, 0) is 6.42 Å². The first-order valence-electron chi connectivity index (χ1n) is 6.19. The van der Waals surface area contributed by atoms with Crippen molar-refractivity contribution >= 4 is 0 Å². The van der Waals surface area contributed by atoms with Crippen molar-refractivity contribution in [1.29, 1.82) is 5.26 Å². The fourth-order valence-electron chi connectivity index (χ4n) is 2.57. The number of H-pyrrole nitrogens is 1. The summed E-state index contributed by atoms with van der Waals surface area (Å²) in [5.74, 6) is 1.08. The highest BCUT2D eigenvalue weighted by atomic mass is 15.1.